The highest BCUT2D eigenvalue weighted by molar-refractivity contribution is 8.00. The highest BCUT2D eigenvalue weighted by Crippen LogP contribution is 2.27. The molecule has 4 aromatic rings. The van der Waals surface area contributed by atoms with Crippen LogP contribution in [0.25, 0.3) is 16.7 Å². The second-order valence-corrected chi connectivity index (χ2v) is 8.44. The molecule has 4 rings (SSSR count). The van der Waals surface area contributed by atoms with Crippen LogP contribution in [0.2, 0.25) is 0 Å². The molecule has 1 N–H and O–H groups in total. The van der Waals surface area contributed by atoms with Crippen molar-refractivity contribution in [2.75, 3.05) is 16.8 Å². The molecule has 9 heteroatoms. The molecule has 1 amide bonds. The highest BCUT2D eigenvalue weighted by Gasteiger charge is 2.16. The van der Waals surface area contributed by atoms with Gasteiger partial charge in [0.05, 0.1) is 22.3 Å². The van der Waals surface area contributed by atoms with Gasteiger partial charge in [0.15, 0.2) is 5.16 Å². The molecule has 0 aliphatic heterocycles. The zero-order chi connectivity index (χ0) is 21.1. The van der Waals surface area contributed by atoms with E-state index in [1.54, 1.807) is 24.9 Å². The Bertz CT molecular complexity index is 1310. The molecule has 0 unspecified atom stereocenters. The van der Waals surface area contributed by atoms with Crippen molar-refractivity contribution in [1.82, 2.24) is 19.2 Å². The molecule has 0 radical (unpaired) electrons. The molecule has 0 aliphatic carbocycles. The minimum Gasteiger partial charge on any atom is -0.324 e. The van der Waals surface area contributed by atoms with Gasteiger partial charge in [0, 0.05) is 17.7 Å². The van der Waals surface area contributed by atoms with Crippen molar-refractivity contribution < 1.29 is 4.79 Å². The lowest BCUT2D eigenvalue weighted by Crippen LogP contribution is -2.20. The third kappa shape index (κ3) is 3.86. The number of rotatable bonds is 7. The summed E-state index contributed by atoms with van der Waals surface area (Å²) in [6.07, 6.45) is 1.83. The topological polar surface area (TPSA) is 81.3 Å². The third-order valence-corrected chi connectivity index (χ3v) is 6.44. The summed E-state index contributed by atoms with van der Waals surface area (Å²) in [6.45, 7) is 3.73. The van der Waals surface area contributed by atoms with E-state index in [0.717, 1.165) is 21.9 Å². The summed E-state index contributed by atoms with van der Waals surface area (Å²) in [5, 5.41) is 12.4. The molecule has 0 saturated carbocycles. The number of anilines is 1. The highest BCUT2D eigenvalue weighted by atomic mass is 32.2. The number of aromatic nitrogens is 4. The fraction of sp³-hybridized carbons (Fsp3) is 0.143. The van der Waals surface area contributed by atoms with E-state index in [9.17, 15) is 9.59 Å². The average molecular weight is 438 g/mol. The molecule has 2 aromatic carbocycles. The number of carbonyl (C=O) groups excluding carboxylic acids is 1. The lowest BCUT2D eigenvalue weighted by molar-refractivity contribution is -0.113. The van der Waals surface area contributed by atoms with Crippen LogP contribution in [0.5, 0.6) is 0 Å². The molecule has 7 nitrogen and oxygen atoms in total. The summed E-state index contributed by atoms with van der Waals surface area (Å²) < 4.78 is 3.27. The van der Waals surface area contributed by atoms with Gasteiger partial charge in [0.1, 0.15) is 0 Å². The first-order chi connectivity index (χ1) is 14.6. The van der Waals surface area contributed by atoms with Crippen LogP contribution in [0, 0.1) is 0 Å². The van der Waals surface area contributed by atoms with Crippen molar-refractivity contribution in [3.8, 4) is 0 Å². The Kier molecular flexibility index (Phi) is 5.91. The Hall–Kier alpha value is -3.04. The number of carbonyl (C=O) groups is 1. The van der Waals surface area contributed by atoms with E-state index in [1.807, 2.05) is 52.9 Å². The SMILES string of the molecule is C=CCSc1ccccc1NC(=O)CSc1nnc2n(C)c(=O)c3ccccc3n12. The minimum atomic E-state index is -0.141. The second-order valence-electron chi connectivity index (χ2n) is 6.43. The second kappa shape index (κ2) is 8.76. The molecule has 152 valence electrons. The predicted octanol–water partition coefficient (Wildman–Crippen LogP) is 3.59. The van der Waals surface area contributed by atoms with Gasteiger partial charge in [-0.05, 0) is 24.3 Å². The lowest BCUT2D eigenvalue weighted by atomic mass is 10.2. The van der Waals surface area contributed by atoms with E-state index >= 15 is 0 Å². The smallest absolute Gasteiger partial charge is 0.262 e. The summed E-state index contributed by atoms with van der Waals surface area (Å²) >= 11 is 2.89. The van der Waals surface area contributed by atoms with Gasteiger partial charge in [-0.15, -0.1) is 28.5 Å². The molecule has 0 saturated heterocycles. The summed E-state index contributed by atoms with van der Waals surface area (Å²) in [6, 6.07) is 15.0. The number of amides is 1. The van der Waals surface area contributed by atoms with Crippen LogP contribution < -0.4 is 10.9 Å². The number of thioether (sulfide) groups is 2. The zero-order valence-corrected chi connectivity index (χ0v) is 17.9. The number of para-hydroxylation sites is 2. The van der Waals surface area contributed by atoms with Crippen LogP contribution >= 0.6 is 23.5 Å². The number of nitrogens with one attached hydrogen (secondary N) is 1. The van der Waals surface area contributed by atoms with Gasteiger partial charge in [0.2, 0.25) is 11.7 Å². The number of nitrogens with zero attached hydrogens (tertiary/aromatic N) is 4. The molecule has 30 heavy (non-hydrogen) atoms. The summed E-state index contributed by atoms with van der Waals surface area (Å²) in [4.78, 5) is 26.1. The normalized spacial score (nSPS) is 11.1. The van der Waals surface area contributed by atoms with E-state index < -0.39 is 0 Å². The fourth-order valence-corrected chi connectivity index (χ4v) is 4.55. The Morgan fingerprint density at radius 2 is 1.90 bits per heavy atom. The molecule has 0 bridgehead atoms. The van der Waals surface area contributed by atoms with Gasteiger partial charge >= 0.3 is 0 Å². The van der Waals surface area contributed by atoms with E-state index in [4.69, 9.17) is 0 Å². The Morgan fingerprint density at radius 3 is 2.73 bits per heavy atom. The van der Waals surface area contributed by atoms with Crippen LogP contribution in [0.15, 0.2) is 76.0 Å². The fourth-order valence-electron chi connectivity index (χ4n) is 3.07. The molecule has 0 fully saturated rings. The third-order valence-electron chi connectivity index (χ3n) is 4.45. The number of fused-ring (bicyclic) bond motifs is 3. The van der Waals surface area contributed by atoms with Crippen molar-refractivity contribution in [1.29, 1.82) is 0 Å². The van der Waals surface area contributed by atoms with Crippen molar-refractivity contribution in [2.24, 2.45) is 7.05 Å². The zero-order valence-electron chi connectivity index (χ0n) is 16.2. The minimum absolute atomic E-state index is 0.131. The van der Waals surface area contributed by atoms with Crippen LogP contribution in [-0.4, -0.2) is 36.6 Å². The summed E-state index contributed by atoms with van der Waals surface area (Å²) in [7, 11) is 1.66. The maximum absolute atomic E-state index is 12.6. The maximum atomic E-state index is 12.6. The first-order valence-electron chi connectivity index (χ1n) is 9.18. The maximum Gasteiger partial charge on any atom is 0.262 e. The molecule has 0 aliphatic rings. The first kappa shape index (κ1) is 20.2. The molecule has 2 heterocycles. The standard InChI is InChI=1S/C21H19N5O2S2/c1-3-12-29-17-11-7-5-9-15(17)22-18(27)13-30-21-24-23-20-25(2)19(28)14-8-4-6-10-16(14)26(20)21/h3-11H,1,12-13H2,2H3,(H,22,27). The number of hydrogen-bond acceptors (Lipinski definition) is 6. The van der Waals surface area contributed by atoms with Crippen LogP contribution in [-0.2, 0) is 11.8 Å². The van der Waals surface area contributed by atoms with Gasteiger partial charge in [-0.2, -0.15) is 0 Å². The van der Waals surface area contributed by atoms with E-state index in [-0.39, 0.29) is 17.2 Å². The van der Waals surface area contributed by atoms with Crippen molar-refractivity contribution in [2.45, 2.75) is 10.1 Å². The van der Waals surface area contributed by atoms with Crippen molar-refractivity contribution in [3.05, 3.63) is 71.5 Å². The average Bonchev–Trinajstić information content (AvgIpc) is 3.20. The van der Waals surface area contributed by atoms with Crippen LogP contribution in [0.4, 0.5) is 5.69 Å². The Balaban J connectivity index is 1.57. The van der Waals surface area contributed by atoms with Crippen LogP contribution in [0.3, 0.4) is 0 Å². The number of hydrogen-bond donors (Lipinski definition) is 1. The summed E-state index contributed by atoms with van der Waals surface area (Å²) in [5.41, 5.74) is 1.36. The molecule has 2 aromatic heterocycles. The van der Waals surface area contributed by atoms with Crippen molar-refractivity contribution >= 4 is 51.8 Å². The lowest BCUT2D eigenvalue weighted by Gasteiger charge is -2.10. The largest absolute Gasteiger partial charge is 0.324 e. The predicted molar refractivity (Wildman–Crippen MR) is 122 cm³/mol. The monoisotopic (exact) mass is 437 g/mol. The van der Waals surface area contributed by atoms with Gasteiger partial charge in [-0.1, -0.05) is 42.1 Å². The van der Waals surface area contributed by atoms with E-state index in [0.29, 0.717) is 16.3 Å². The number of benzene rings is 2. The molecular weight excluding hydrogens is 418 g/mol. The van der Waals surface area contributed by atoms with E-state index in [2.05, 4.69) is 22.1 Å². The van der Waals surface area contributed by atoms with Crippen molar-refractivity contribution in [3.63, 3.8) is 0 Å². The Morgan fingerprint density at radius 1 is 1.13 bits per heavy atom. The summed E-state index contributed by atoms with van der Waals surface area (Å²) in [5.74, 6) is 1.22. The Labute approximate surface area is 181 Å². The molecule has 0 spiro atoms. The van der Waals surface area contributed by atoms with Gasteiger partial charge in [-0.3, -0.25) is 18.6 Å². The van der Waals surface area contributed by atoms with Gasteiger partial charge < -0.3 is 5.32 Å². The number of aryl methyl sites for hydroxylation is 1. The van der Waals surface area contributed by atoms with Gasteiger partial charge in [-0.25, -0.2) is 0 Å². The van der Waals surface area contributed by atoms with Gasteiger partial charge in [0.25, 0.3) is 5.56 Å². The quantitative estimate of drug-likeness (QED) is 0.352. The molecule has 0 atom stereocenters. The van der Waals surface area contributed by atoms with E-state index in [1.165, 1.54) is 16.3 Å². The van der Waals surface area contributed by atoms with Crippen LogP contribution in [0.1, 0.15) is 0 Å². The first-order valence-corrected chi connectivity index (χ1v) is 11.2. The molecular formula is C21H19N5O2S2.